The summed E-state index contributed by atoms with van der Waals surface area (Å²) in [6.07, 6.45) is 6.13. The lowest BCUT2D eigenvalue weighted by Gasteiger charge is -2.23. The minimum Gasteiger partial charge on any atom is -0.338 e. The molecule has 0 aromatic rings. The summed E-state index contributed by atoms with van der Waals surface area (Å²) in [5.74, 6) is 0.599. The average Bonchev–Trinajstić information content (AvgIpc) is 2.68. The molecule has 2 saturated carbocycles. The van der Waals surface area contributed by atoms with E-state index in [0.717, 1.165) is 19.4 Å². The first-order valence-electron chi connectivity index (χ1n) is 7.40. The smallest absolute Gasteiger partial charge is 0.315 e. The molecule has 2 aliphatic carbocycles. The van der Waals surface area contributed by atoms with Gasteiger partial charge in [0.15, 0.2) is 0 Å². The zero-order valence-electron chi connectivity index (χ0n) is 12.3. The van der Waals surface area contributed by atoms with Gasteiger partial charge in [-0.25, -0.2) is 4.79 Å². The molecule has 0 bridgehead atoms. The van der Waals surface area contributed by atoms with E-state index in [0.29, 0.717) is 22.8 Å². The average molecular weight is 252 g/mol. The number of nitrogens with one attached hydrogen (secondary N) is 2. The van der Waals surface area contributed by atoms with Crippen LogP contribution in [0.15, 0.2) is 0 Å². The number of amides is 2. The third-order valence-electron chi connectivity index (χ3n) is 5.73. The Morgan fingerprint density at radius 1 is 1.06 bits per heavy atom. The molecule has 2 rings (SSSR count). The predicted octanol–water partition coefficient (Wildman–Crippen LogP) is 3.30. The Hall–Kier alpha value is -0.730. The van der Waals surface area contributed by atoms with Crippen LogP contribution in [0.4, 0.5) is 4.79 Å². The van der Waals surface area contributed by atoms with E-state index < -0.39 is 0 Å². The van der Waals surface area contributed by atoms with Gasteiger partial charge in [0, 0.05) is 12.6 Å². The molecule has 0 atom stereocenters. The molecule has 0 aromatic heterocycles. The van der Waals surface area contributed by atoms with Crippen LogP contribution >= 0.6 is 0 Å². The molecule has 0 saturated heterocycles. The van der Waals surface area contributed by atoms with E-state index >= 15 is 0 Å². The highest BCUT2D eigenvalue weighted by Gasteiger charge is 2.64. The van der Waals surface area contributed by atoms with E-state index in [2.05, 4.69) is 38.3 Å². The maximum absolute atomic E-state index is 11.8. The molecule has 0 aromatic carbocycles. The second kappa shape index (κ2) is 4.75. The zero-order valence-corrected chi connectivity index (χ0v) is 12.3. The van der Waals surface area contributed by atoms with Gasteiger partial charge < -0.3 is 10.6 Å². The van der Waals surface area contributed by atoms with Crippen LogP contribution in [0.5, 0.6) is 0 Å². The molecule has 104 valence electrons. The van der Waals surface area contributed by atoms with Gasteiger partial charge >= 0.3 is 6.03 Å². The van der Waals surface area contributed by atoms with Gasteiger partial charge in [0.25, 0.3) is 0 Å². The van der Waals surface area contributed by atoms with Crippen molar-refractivity contribution in [2.24, 2.45) is 16.7 Å². The van der Waals surface area contributed by atoms with E-state index in [-0.39, 0.29) is 6.03 Å². The fraction of sp³-hybridized carbons (Fsp3) is 0.933. The van der Waals surface area contributed by atoms with Gasteiger partial charge in [0.2, 0.25) is 0 Å². The van der Waals surface area contributed by atoms with Crippen LogP contribution in [0, 0.1) is 16.7 Å². The van der Waals surface area contributed by atoms with Crippen LogP contribution in [0.2, 0.25) is 0 Å². The molecule has 18 heavy (non-hydrogen) atoms. The van der Waals surface area contributed by atoms with Gasteiger partial charge in [-0.1, -0.05) is 47.0 Å². The number of hydrogen-bond acceptors (Lipinski definition) is 1. The minimum absolute atomic E-state index is 0.0281. The molecule has 0 aliphatic heterocycles. The fourth-order valence-corrected chi connectivity index (χ4v) is 3.52. The molecule has 0 unspecified atom stereocenters. The Bertz CT molecular complexity index is 302. The molecule has 2 fully saturated rings. The molecule has 2 amide bonds. The molecule has 0 spiro atoms. The van der Waals surface area contributed by atoms with Gasteiger partial charge in [-0.3, -0.25) is 0 Å². The van der Waals surface area contributed by atoms with Crippen LogP contribution in [0.3, 0.4) is 0 Å². The lowest BCUT2D eigenvalue weighted by Crippen LogP contribution is -2.43. The van der Waals surface area contributed by atoms with Gasteiger partial charge in [-0.15, -0.1) is 0 Å². The molecule has 2 N–H and O–H groups in total. The topological polar surface area (TPSA) is 41.1 Å². The normalized spacial score (nSPS) is 26.7. The standard InChI is InChI=1S/C15H28N2O/c1-14(2)12(15(14,3)4)10-16-13(18)17-11-8-6-5-7-9-11/h11-12H,5-10H2,1-4H3,(H2,16,17,18). The van der Waals surface area contributed by atoms with Crippen molar-refractivity contribution < 1.29 is 4.79 Å². The molecule has 3 heteroatoms. The molecule has 0 radical (unpaired) electrons. The van der Waals surface area contributed by atoms with Gasteiger partial charge in [0.1, 0.15) is 0 Å². The Morgan fingerprint density at radius 3 is 2.11 bits per heavy atom. The van der Waals surface area contributed by atoms with E-state index in [1.807, 2.05) is 0 Å². The summed E-state index contributed by atoms with van der Waals surface area (Å²) >= 11 is 0. The number of rotatable bonds is 3. The molecule has 3 nitrogen and oxygen atoms in total. The number of hydrogen-bond donors (Lipinski definition) is 2. The van der Waals surface area contributed by atoms with Gasteiger partial charge in [0.05, 0.1) is 0 Å². The first-order chi connectivity index (χ1) is 8.35. The third kappa shape index (κ3) is 2.50. The summed E-state index contributed by atoms with van der Waals surface area (Å²) in [5, 5.41) is 6.16. The molecular formula is C15H28N2O. The fourth-order valence-electron chi connectivity index (χ4n) is 3.52. The zero-order chi connectivity index (χ0) is 13.4. The summed E-state index contributed by atoms with van der Waals surface area (Å²) < 4.78 is 0. The summed E-state index contributed by atoms with van der Waals surface area (Å²) in [7, 11) is 0. The Balaban J connectivity index is 1.70. The van der Waals surface area contributed by atoms with Crippen LogP contribution in [0.25, 0.3) is 0 Å². The van der Waals surface area contributed by atoms with Crippen molar-refractivity contribution in [3.8, 4) is 0 Å². The predicted molar refractivity (Wildman–Crippen MR) is 74.5 cm³/mol. The molecule has 2 aliphatic rings. The largest absolute Gasteiger partial charge is 0.338 e. The Labute approximate surface area is 111 Å². The highest BCUT2D eigenvalue weighted by molar-refractivity contribution is 5.74. The van der Waals surface area contributed by atoms with Crippen LogP contribution in [-0.4, -0.2) is 18.6 Å². The van der Waals surface area contributed by atoms with Crippen molar-refractivity contribution >= 4 is 6.03 Å². The highest BCUT2D eigenvalue weighted by atomic mass is 16.2. The lowest BCUT2D eigenvalue weighted by molar-refractivity contribution is 0.231. The summed E-state index contributed by atoms with van der Waals surface area (Å²) in [4.78, 5) is 11.8. The Kier molecular flexibility index (Phi) is 3.61. The maximum Gasteiger partial charge on any atom is 0.315 e. The number of carbonyl (C=O) groups excluding carboxylic acids is 1. The number of urea groups is 1. The number of carbonyl (C=O) groups is 1. The minimum atomic E-state index is 0.0281. The quantitative estimate of drug-likeness (QED) is 0.795. The summed E-state index contributed by atoms with van der Waals surface area (Å²) in [6, 6.07) is 0.430. The van der Waals surface area contributed by atoms with E-state index in [1.54, 1.807) is 0 Å². The van der Waals surface area contributed by atoms with Crippen LogP contribution < -0.4 is 10.6 Å². The maximum atomic E-state index is 11.8. The first kappa shape index (κ1) is 13.7. The molecule has 0 heterocycles. The van der Waals surface area contributed by atoms with Crippen LogP contribution in [0.1, 0.15) is 59.8 Å². The first-order valence-corrected chi connectivity index (χ1v) is 7.40. The summed E-state index contributed by atoms with van der Waals surface area (Å²) in [5.41, 5.74) is 0.705. The highest BCUT2D eigenvalue weighted by Crippen LogP contribution is 2.67. The van der Waals surface area contributed by atoms with Crippen molar-refractivity contribution in [3.05, 3.63) is 0 Å². The van der Waals surface area contributed by atoms with Crippen molar-refractivity contribution in [2.45, 2.75) is 65.8 Å². The van der Waals surface area contributed by atoms with Gasteiger partial charge in [-0.2, -0.15) is 0 Å². The lowest BCUT2D eigenvalue weighted by atomic mass is 9.96. The molecular weight excluding hydrogens is 224 g/mol. The summed E-state index contributed by atoms with van der Waals surface area (Å²) in [6.45, 7) is 9.96. The second-order valence-corrected chi connectivity index (χ2v) is 7.19. The van der Waals surface area contributed by atoms with Crippen LogP contribution in [-0.2, 0) is 0 Å². The van der Waals surface area contributed by atoms with Gasteiger partial charge in [-0.05, 0) is 29.6 Å². The van der Waals surface area contributed by atoms with Crippen molar-refractivity contribution in [1.82, 2.24) is 10.6 Å². The van der Waals surface area contributed by atoms with E-state index in [4.69, 9.17) is 0 Å². The Morgan fingerprint density at radius 2 is 1.61 bits per heavy atom. The SMILES string of the molecule is CC1(C)C(CNC(=O)NC2CCCCC2)C1(C)C. The van der Waals surface area contributed by atoms with Crippen molar-refractivity contribution in [3.63, 3.8) is 0 Å². The van der Waals surface area contributed by atoms with E-state index in [9.17, 15) is 4.79 Å². The monoisotopic (exact) mass is 252 g/mol. The van der Waals surface area contributed by atoms with Crippen molar-refractivity contribution in [2.75, 3.05) is 6.54 Å². The second-order valence-electron chi connectivity index (χ2n) is 7.19. The van der Waals surface area contributed by atoms with Crippen molar-refractivity contribution in [1.29, 1.82) is 0 Å². The third-order valence-corrected chi connectivity index (χ3v) is 5.73. The van der Waals surface area contributed by atoms with E-state index in [1.165, 1.54) is 19.3 Å².